The van der Waals surface area contributed by atoms with Gasteiger partial charge in [-0.15, -0.1) is 0 Å². The van der Waals surface area contributed by atoms with Crippen LogP contribution in [0.2, 0.25) is 0 Å². The Morgan fingerprint density at radius 2 is 1.73 bits per heavy atom. The van der Waals surface area contributed by atoms with Gasteiger partial charge in [0.2, 0.25) is 0 Å². The summed E-state index contributed by atoms with van der Waals surface area (Å²) in [6.07, 6.45) is 6.50. The number of hydrogen-bond acceptors (Lipinski definition) is 6. The van der Waals surface area contributed by atoms with Crippen molar-refractivity contribution in [3.05, 3.63) is 69.9 Å². The standard InChI is InChI=1S/C32H37NO7S/c34-30(35)10-5-14-39-29-9-4-8-23(28(29)11-12-31(36)37)20-40-27-17-25(24-13-15-41-21-24)16-26(18-27)32(38)33-19-22-6-2-1-3-7-22/h4,8-9,13,15-18,21-22H,1-3,5-7,10-12,14,19-20H2,(H,33,38)(H,34,35)(H,36,37). The number of nitrogens with one attached hydrogen (secondary N) is 1. The van der Waals surface area contributed by atoms with Gasteiger partial charge in [0.1, 0.15) is 18.1 Å². The van der Waals surface area contributed by atoms with Crippen molar-refractivity contribution < 1.29 is 34.1 Å². The van der Waals surface area contributed by atoms with E-state index in [1.165, 1.54) is 19.3 Å². The Labute approximate surface area is 244 Å². The summed E-state index contributed by atoms with van der Waals surface area (Å²) < 4.78 is 12.1. The van der Waals surface area contributed by atoms with E-state index in [1.54, 1.807) is 29.5 Å². The first kappa shape index (κ1) is 30.1. The lowest BCUT2D eigenvalue weighted by molar-refractivity contribution is -0.138. The van der Waals surface area contributed by atoms with E-state index >= 15 is 0 Å². The summed E-state index contributed by atoms with van der Waals surface area (Å²) >= 11 is 1.58. The molecule has 3 aromatic rings. The molecule has 8 nitrogen and oxygen atoms in total. The van der Waals surface area contributed by atoms with Crippen molar-refractivity contribution in [2.75, 3.05) is 13.2 Å². The number of carboxylic acid groups (broad SMARTS) is 2. The summed E-state index contributed by atoms with van der Waals surface area (Å²) in [6.45, 7) is 1.03. The Balaban J connectivity index is 1.52. The summed E-state index contributed by atoms with van der Waals surface area (Å²) in [7, 11) is 0. The fourth-order valence-corrected chi connectivity index (χ4v) is 5.77. The quantitative estimate of drug-likeness (QED) is 0.174. The molecule has 1 amide bonds. The molecule has 2 aromatic carbocycles. The minimum Gasteiger partial charge on any atom is -0.493 e. The van der Waals surface area contributed by atoms with Gasteiger partial charge in [-0.1, -0.05) is 31.4 Å². The van der Waals surface area contributed by atoms with Crippen molar-refractivity contribution in [3.8, 4) is 22.6 Å². The molecule has 9 heteroatoms. The molecule has 0 saturated heterocycles. The molecule has 41 heavy (non-hydrogen) atoms. The van der Waals surface area contributed by atoms with Crippen LogP contribution in [0.1, 0.15) is 72.9 Å². The third-order valence-electron chi connectivity index (χ3n) is 7.31. The van der Waals surface area contributed by atoms with E-state index < -0.39 is 11.9 Å². The minimum atomic E-state index is -0.926. The van der Waals surface area contributed by atoms with Crippen LogP contribution in [-0.2, 0) is 22.6 Å². The highest BCUT2D eigenvalue weighted by atomic mass is 32.1. The van der Waals surface area contributed by atoms with Gasteiger partial charge >= 0.3 is 11.9 Å². The van der Waals surface area contributed by atoms with Crippen molar-refractivity contribution in [2.45, 2.75) is 64.4 Å². The molecule has 0 unspecified atom stereocenters. The number of carbonyl (C=O) groups excluding carboxylic acids is 1. The molecule has 1 saturated carbocycles. The summed E-state index contributed by atoms with van der Waals surface area (Å²) in [6, 6.07) is 13.0. The summed E-state index contributed by atoms with van der Waals surface area (Å²) in [4.78, 5) is 35.4. The maximum absolute atomic E-state index is 13.2. The third-order valence-corrected chi connectivity index (χ3v) is 7.99. The predicted molar refractivity (Wildman–Crippen MR) is 158 cm³/mol. The zero-order chi connectivity index (χ0) is 29.0. The van der Waals surface area contributed by atoms with E-state index in [0.717, 1.165) is 29.5 Å². The van der Waals surface area contributed by atoms with E-state index in [4.69, 9.17) is 14.6 Å². The van der Waals surface area contributed by atoms with Crippen LogP contribution < -0.4 is 14.8 Å². The highest BCUT2D eigenvalue weighted by molar-refractivity contribution is 7.08. The van der Waals surface area contributed by atoms with Gasteiger partial charge in [0.25, 0.3) is 5.91 Å². The summed E-state index contributed by atoms with van der Waals surface area (Å²) in [5, 5.41) is 25.3. The number of carboxylic acids is 2. The van der Waals surface area contributed by atoms with Gasteiger partial charge in [-0.05, 0) is 89.4 Å². The Morgan fingerprint density at radius 3 is 2.46 bits per heavy atom. The number of rotatable bonds is 15. The molecule has 3 N–H and O–H groups in total. The van der Waals surface area contributed by atoms with Gasteiger partial charge in [0.15, 0.2) is 0 Å². The summed E-state index contributed by atoms with van der Waals surface area (Å²) in [5.41, 5.74) is 3.89. The second-order valence-corrected chi connectivity index (χ2v) is 11.2. The smallest absolute Gasteiger partial charge is 0.303 e. The second kappa shape index (κ2) is 15.2. The molecule has 1 aromatic heterocycles. The van der Waals surface area contributed by atoms with Gasteiger partial charge < -0.3 is 25.0 Å². The zero-order valence-corrected chi connectivity index (χ0v) is 23.9. The predicted octanol–water partition coefficient (Wildman–Crippen LogP) is 6.57. The van der Waals surface area contributed by atoms with Crippen molar-refractivity contribution in [1.82, 2.24) is 5.32 Å². The van der Waals surface area contributed by atoms with E-state index in [9.17, 15) is 19.5 Å². The molecule has 1 aliphatic carbocycles. The highest BCUT2D eigenvalue weighted by Gasteiger charge is 2.17. The molecule has 0 atom stereocenters. The molecule has 0 bridgehead atoms. The van der Waals surface area contributed by atoms with E-state index in [-0.39, 0.29) is 38.4 Å². The van der Waals surface area contributed by atoms with Crippen molar-refractivity contribution in [2.24, 2.45) is 5.92 Å². The topological polar surface area (TPSA) is 122 Å². The number of amides is 1. The van der Waals surface area contributed by atoms with Crippen LogP contribution in [0, 0.1) is 5.92 Å². The average molecular weight is 580 g/mol. The number of aliphatic carboxylic acids is 2. The second-order valence-electron chi connectivity index (χ2n) is 10.4. The van der Waals surface area contributed by atoms with E-state index in [1.807, 2.05) is 35.0 Å². The Bertz CT molecular complexity index is 1320. The first-order valence-electron chi connectivity index (χ1n) is 14.1. The van der Waals surface area contributed by atoms with Gasteiger partial charge in [0.05, 0.1) is 6.61 Å². The molecule has 1 fully saturated rings. The highest BCUT2D eigenvalue weighted by Crippen LogP contribution is 2.30. The van der Waals surface area contributed by atoms with E-state index in [2.05, 4.69) is 5.32 Å². The molecule has 218 valence electrons. The molecular formula is C32H37NO7S. The SMILES string of the molecule is O=C(O)CCCOc1cccc(COc2cc(C(=O)NCC3CCCCC3)cc(-c3ccsc3)c2)c1CCC(=O)O. The van der Waals surface area contributed by atoms with Crippen molar-refractivity contribution >= 4 is 29.2 Å². The Morgan fingerprint density at radius 1 is 0.927 bits per heavy atom. The maximum atomic E-state index is 13.2. The van der Waals surface area contributed by atoms with Crippen LogP contribution in [0.3, 0.4) is 0 Å². The van der Waals surface area contributed by atoms with Crippen LogP contribution in [0.25, 0.3) is 11.1 Å². The summed E-state index contributed by atoms with van der Waals surface area (Å²) in [5.74, 6) is -0.373. The van der Waals surface area contributed by atoms with Crippen LogP contribution in [0.4, 0.5) is 0 Å². The lowest BCUT2D eigenvalue weighted by Crippen LogP contribution is -2.30. The maximum Gasteiger partial charge on any atom is 0.303 e. The van der Waals surface area contributed by atoms with E-state index in [0.29, 0.717) is 41.5 Å². The molecule has 0 spiro atoms. The number of thiophene rings is 1. The van der Waals surface area contributed by atoms with Crippen LogP contribution in [-0.4, -0.2) is 41.2 Å². The molecule has 1 aliphatic rings. The molecule has 4 rings (SSSR count). The number of benzene rings is 2. The van der Waals surface area contributed by atoms with Gasteiger partial charge in [-0.25, -0.2) is 0 Å². The van der Waals surface area contributed by atoms with Gasteiger partial charge in [-0.2, -0.15) is 11.3 Å². The van der Waals surface area contributed by atoms with Crippen molar-refractivity contribution in [1.29, 1.82) is 0 Å². The molecule has 0 aliphatic heterocycles. The van der Waals surface area contributed by atoms with Crippen LogP contribution in [0.15, 0.2) is 53.2 Å². The average Bonchev–Trinajstić information content (AvgIpc) is 3.52. The first-order valence-corrected chi connectivity index (χ1v) is 15.1. The molecule has 0 radical (unpaired) electrons. The van der Waals surface area contributed by atoms with Gasteiger partial charge in [0, 0.05) is 30.5 Å². The zero-order valence-electron chi connectivity index (χ0n) is 23.1. The Hall–Kier alpha value is -3.85. The fraction of sp³-hybridized carbons (Fsp3) is 0.406. The number of hydrogen-bond donors (Lipinski definition) is 3. The Kier molecular flexibility index (Phi) is 11.2. The van der Waals surface area contributed by atoms with Crippen molar-refractivity contribution in [3.63, 3.8) is 0 Å². The fourth-order valence-electron chi connectivity index (χ4n) is 5.10. The first-order chi connectivity index (χ1) is 19.9. The number of ether oxygens (including phenoxy) is 2. The normalized spacial score (nSPS) is 13.5. The lowest BCUT2D eigenvalue weighted by atomic mass is 9.89. The number of carbonyl (C=O) groups is 3. The molecular weight excluding hydrogens is 542 g/mol. The lowest BCUT2D eigenvalue weighted by Gasteiger charge is -2.22. The van der Waals surface area contributed by atoms with Crippen LogP contribution >= 0.6 is 11.3 Å². The third kappa shape index (κ3) is 9.35. The van der Waals surface area contributed by atoms with Crippen LogP contribution in [0.5, 0.6) is 11.5 Å². The largest absolute Gasteiger partial charge is 0.493 e. The minimum absolute atomic E-state index is 0.00962. The van der Waals surface area contributed by atoms with Gasteiger partial charge in [-0.3, -0.25) is 14.4 Å². The molecule has 1 heterocycles. The monoisotopic (exact) mass is 579 g/mol.